The smallest absolute Gasteiger partial charge is 0.341 e. The van der Waals surface area contributed by atoms with Crippen molar-refractivity contribution in [2.75, 3.05) is 40.8 Å². The Morgan fingerprint density at radius 2 is 2.23 bits per heavy atom. The summed E-state index contributed by atoms with van der Waals surface area (Å²) in [4.78, 5) is 16.3. The molecule has 1 aliphatic heterocycles. The minimum Gasteiger partial charge on any atom is -0.465 e. The molecule has 0 amide bonds. The zero-order valence-electron chi connectivity index (χ0n) is 14.2. The summed E-state index contributed by atoms with van der Waals surface area (Å²) >= 11 is 0. The molecule has 124 valence electrons. The molecule has 0 bridgehead atoms. The van der Waals surface area contributed by atoms with Crippen LogP contribution in [-0.2, 0) is 11.3 Å². The number of furan rings is 1. The number of rotatable bonds is 5. The molecule has 1 N–H and O–H groups in total. The van der Waals surface area contributed by atoms with Gasteiger partial charge in [-0.2, -0.15) is 0 Å². The Hall–Kier alpha value is -1.37. The third kappa shape index (κ3) is 3.88. The molecule has 2 unspecified atom stereocenters. The average molecular weight is 309 g/mol. The third-order valence-corrected chi connectivity index (χ3v) is 4.45. The van der Waals surface area contributed by atoms with E-state index in [0.29, 0.717) is 30.0 Å². The zero-order chi connectivity index (χ0) is 16.3. The van der Waals surface area contributed by atoms with Gasteiger partial charge in [0.15, 0.2) is 0 Å². The van der Waals surface area contributed by atoms with Gasteiger partial charge in [0.25, 0.3) is 0 Å². The van der Waals surface area contributed by atoms with E-state index >= 15 is 0 Å². The molecule has 1 aromatic heterocycles. The summed E-state index contributed by atoms with van der Waals surface area (Å²) in [7, 11) is 5.71. The fourth-order valence-corrected chi connectivity index (χ4v) is 2.93. The topological polar surface area (TPSA) is 58.0 Å². The van der Waals surface area contributed by atoms with Gasteiger partial charge in [-0.15, -0.1) is 0 Å². The SMILES string of the molecule is COC(=O)c1cc(CNC(C)C2CN(C)CCN2C)oc1C. The second-order valence-corrected chi connectivity index (χ2v) is 6.15. The number of ether oxygens (including phenoxy) is 1. The first kappa shape index (κ1) is 17.0. The van der Waals surface area contributed by atoms with Crippen molar-refractivity contribution in [1.82, 2.24) is 15.1 Å². The van der Waals surface area contributed by atoms with Crippen LogP contribution in [0.2, 0.25) is 0 Å². The fourth-order valence-electron chi connectivity index (χ4n) is 2.93. The fraction of sp³-hybridized carbons (Fsp3) is 0.688. The summed E-state index contributed by atoms with van der Waals surface area (Å²) in [6.45, 7) is 7.82. The Balaban J connectivity index is 1.93. The lowest BCUT2D eigenvalue weighted by Gasteiger charge is -2.41. The van der Waals surface area contributed by atoms with Gasteiger partial charge in [-0.25, -0.2) is 4.79 Å². The monoisotopic (exact) mass is 309 g/mol. The minimum absolute atomic E-state index is 0.333. The molecule has 0 spiro atoms. The number of esters is 1. The van der Waals surface area contributed by atoms with Crippen molar-refractivity contribution in [2.45, 2.75) is 32.5 Å². The summed E-state index contributed by atoms with van der Waals surface area (Å²) in [6.07, 6.45) is 0. The number of methoxy groups -OCH3 is 1. The number of nitrogens with one attached hydrogen (secondary N) is 1. The molecule has 0 saturated carbocycles. The maximum Gasteiger partial charge on any atom is 0.341 e. The Morgan fingerprint density at radius 3 is 2.91 bits per heavy atom. The Bertz CT molecular complexity index is 515. The van der Waals surface area contributed by atoms with Gasteiger partial charge in [-0.1, -0.05) is 0 Å². The van der Waals surface area contributed by atoms with Gasteiger partial charge in [-0.05, 0) is 34.0 Å². The van der Waals surface area contributed by atoms with Crippen LogP contribution in [0, 0.1) is 6.92 Å². The largest absolute Gasteiger partial charge is 0.465 e. The molecular weight excluding hydrogens is 282 g/mol. The van der Waals surface area contributed by atoms with Crippen molar-refractivity contribution in [2.24, 2.45) is 0 Å². The Morgan fingerprint density at radius 1 is 1.50 bits per heavy atom. The number of aryl methyl sites for hydroxylation is 1. The molecule has 6 nitrogen and oxygen atoms in total. The number of nitrogens with zero attached hydrogens (tertiary/aromatic N) is 2. The van der Waals surface area contributed by atoms with E-state index < -0.39 is 0 Å². The summed E-state index contributed by atoms with van der Waals surface area (Å²) in [5.41, 5.74) is 0.501. The van der Waals surface area contributed by atoms with Gasteiger partial charge >= 0.3 is 5.97 Å². The normalized spacial score (nSPS) is 21.8. The summed E-state index contributed by atoms with van der Waals surface area (Å²) in [5.74, 6) is 1.01. The zero-order valence-corrected chi connectivity index (χ0v) is 14.2. The molecule has 22 heavy (non-hydrogen) atoms. The molecule has 6 heteroatoms. The average Bonchev–Trinajstić information content (AvgIpc) is 2.87. The van der Waals surface area contributed by atoms with Crippen LogP contribution in [-0.4, -0.2) is 68.7 Å². The first-order chi connectivity index (χ1) is 10.4. The molecule has 1 aliphatic rings. The van der Waals surface area contributed by atoms with E-state index in [-0.39, 0.29) is 5.97 Å². The lowest BCUT2D eigenvalue weighted by atomic mass is 10.1. The van der Waals surface area contributed by atoms with E-state index in [2.05, 4.69) is 36.1 Å². The van der Waals surface area contributed by atoms with Crippen molar-refractivity contribution >= 4 is 5.97 Å². The summed E-state index contributed by atoms with van der Waals surface area (Å²) in [5, 5.41) is 3.50. The van der Waals surface area contributed by atoms with E-state index in [0.717, 1.165) is 25.4 Å². The number of carbonyl (C=O) groups is 1. The first-order valence-electron chi connectivity index (χ1n) is 7.72. The quantitative estimate of drug-likeness (QED) is 0.822. The first-order valence-corrected chi connectivity index (χ1v) is 7.72. The predicted molar refractivity (Wildman–Crippen MR) is 85.0 cm³/mol. The van der Waals surface area contributed by atoms with Crippen molar-refractivity contribution < 1.29 is 13.9 Å². The molecule has 1 aromatic rings. The van der Waals surface area contributed by atoms with E-state index in [9.17, 15) is 4.79 Å². The van der Waals surface area contributed by atoms with Crippen LogP contribution in [0.25, 0.3) is 0 Å². The maximum atomic E-state index is 11.6. The highest BCUT2D eigenvalue weighted by molar-refractivity contribution is 5.90. The Kier molecular flexibility index (Phi) is 5.61. The molecule has 0 aromatic carbocycles. The van der Waals surface area contributed by atoms with Gasteiger partial charge in [-0.3, -0.25) is 4.90 Å². The molecular formula is C16H27N3O3. The van der Waals surface area contributed by atoms with E-state index in [4.69, 9.17) is 9.15 Å². The molecule has 1 fully saturated rings. The van der Waals surface area contributed by atoms with Gasteiger partial charge in [0.2, 0.25) is 0 Å². The highest BCUT2D eigenvalue weighted by Crippen LogP contribution is 2.16. The summed E-state index contributed by atoms with van der Waals surface area (Å²) in [6, 6.07) is 2.56. The number of hydrogen-bond donors (Lipinski definition) is 1. The lowest BCUT2D eigenvalue weighted by molar-refractivity contribution is 0.0599. The van der Waals surface area contributed by atoms with Gasteiger partial charge in [0.05, 0.1) is 13.7 Å². The van der Waals surface area contributed by atoms with Crippen molar-refractivity contribution in [1.29, 1.82) is 0 Å². The minimum atomic E-state index is -0.353. The van der Waals surface area contributed by atoms with Gasteiger partial charge < -0.3 is 19.4 Å². The standard InChI is InChI=1S/C16H27N3O3/c1-11(15-10-18(3)6-7-19(15)4)17-9-13-8-14(12(2)22-13)16(20)21-5/h8,11,15,17H,6-7,9-10H2,1-5H3. The maximum absolute atomic E-state index is 11.6. The number of likely N-dealkylation sites (N-methyl/N-ethyl adjacent to an activating group) is 2. The molecule has 0 radical (unpaired) electrons. The van der Waals surface area contributed by atoms with Crippen molar-refractivity contribution in [3.8, 4) is 0 Å². The number of piperazine rings is 1. The van der Waals surface area contributed by atoms with Crippen LogP contribution >= 0.6 is 0 Å². The van der Waals surface area contributed by atoms with Crippen molar-refractivity contribution in [3.05, 3.63) is 23.2 Å². The molecule has 2 heterocycles. The highest BCUT2D eigenvalue weighted by atomic mass is 16.5. The number of hydrogen-bond acceptors (Lipinski definition) is 6. The molecule has 0 aliphatic carbocycles. The van der Waals surface area contributed by atoms with Crippen molar-refractivity contribution in [3.63, 3.8) is 0 Å². The van der Waals surface area contributed by atoms with E-state index in [1.165, 1.54) is 7.11 Å². The molecule has 1 saturated heterocycles. The van der Waals surface area contributed by atoms with Crippen LogP contribution < -0.4 is 5.32 Å². The molecule has 2 atom stereocenters. The van der Waals surface area contributed by atoms with E-state index in [1.54, 1.807) is 13.0 Å². The lowest BCUT2D eigenvalue weighted by Crippen LogP contribution is -2.57. The summed E-state index contributed by atoms with van der Waals surface area (Å²) < 4.78 is 10.4. The van der Waals surface area contributed by atoms with Gasteiger partial charge in [0.1, 0.15) is 17.1 Å². The third-order valence-electron chi connectivity index (χ3n) is 4.45. The second-order valence-electron chi connectivity index (χ2n) is 6.15. The highest BCUT2D eigenvalue weighted by Gasteiger charge is 2.27. The number of carbonyl (C=O) groups excluding carboxylic acids is 1. The van der Waals surface area contributed by atoms with Crippen LogP contribution in [0.4, 0.5) is 0 Å². The molecule has 2 rings (SSSR count). The second kappa shape index (κ2) is 7.26. The Labute approximate surface area is 132 Å². The van der Waals surface area contributed by atoms with Crippen LogP contribution in [0.3, 0.4) is 0 Å². The predicted octanol–water partition coefficient (Wildman–Crippen LogP) is 1.10. The van der Waals surface area contributed by atoms with Gasteiger partial charge in [0, 0.05) is 31.7 Å². The van der Waals surface area contributed by atoms with Crippen LogP contribution in [0.5, 0.6) is 0 Å². The van der Waals surface area contributed by atoms with Crippen LogP contribution in [0.1, 0.15) is 28.8 Å². The van der Waals surface area contributed by atoms with Crippen LogP contribution in [0.15, 0.2) is 10.5 Å². The van der Waals surface area contributed by atoms with E-state index in [1.807, 2.05) is 0 Å².